The van der Waals surface area contributed by atoms with E-state index >= 15 is 0 Å². The Hall–Kier alpha value is -1.89. The van der Waals surface area contributed by atoms with Gasteiger partial charge in [0.15, 0.2) is 0 Å². The van der Waals surface area contributed by atoms with Crippen LogP contribution in [0.25, 0.3) is 11.3 Å². The Morgan fingerprint density at radius 3 is 2.78 bits per heavy atom. The van der Waals surface area contributed by atoms with Crippen LogP contribution in [-0.2, 0) is 6.42 Å². The Bertz CT molecular complexity index is 511. The van der Waals surface area contributed by atoms with Gasteiger partial charge >= 0.3 is 0 Å². The largest absolute Gasteiger partial charge is 0.256 e. The standard InChI is InChI=1S/C17H19N/c1-3-4-5-8-15-10-11-17(18-13-15)16-9-6-7-14(2)12-16/h3,6-7,9-13H,1,4-5,8H2,2H3. The summed E-state index contributed by atoms with van der Waals surface area (Å²) in [5, 5.41) is 0. The lowest BCUT2D eigenvalue weighted by molar-refractivity contribution is 0.840. The Balaban J connectivity index is 2.10. The Morgan fingerprint density at radius 2 is 2.11 bits per heavy atom. The van der Waals surface area contributed by atoms with Gasteiger partial charge in [0.1, 0.15) is 0 Å². The molecule has 0 amide bonds. The van der Waals surface area contributed by atoms with Crippen molar-refractivity contribution in [2.45, 2.75) is 26.2 Å². The van der Waals surface area contributed by atoms with Crippen LogP contribution in [0.15, 0.2) is 55.3 Å². The highest BCUT2D eigenvalue weighted by Gasteiger charge is 1.99. The summed E-state index contributed by atoms with van der Waals surface area (Å²) in [5.74, 6) is 0. The quantitative estimate of drug-likeness (QED) is 0.548. The van der Waals surface area contributed by atoms with Crippen molar-refractivity contribution in [3.05, 3.63) is 66.4 Å². The zero-order chi connectivity index (χ0) is 12.8. The van der Waals surface area contributed by atoms with Crippen molar-refractivity contribution in [3.63, 3.8) is 0 Å². The molecule has 1 aromatic heterocycles. The van der Waals surface area contributed by atoms with Crippen LogP contribution < -0.4 is 0 Å². The van der Waals surface area contributed by atoms with Gasteiger partial charge in [-0.2, -0.15) is 0 Å². The third-order valence-corrected chi connectivity index (χ3v) is 3.01. The molecule has 0 atom stereocenters. The van der Waals surface area contributed by atoms with Gasteiger partial charge in [0.2, 0.25) is 0 Å². The lowest BCUT2D eigenvalue weighted by atomic mass is 10.1. The van der Waals surface area contributed by atoms with E-state index < -0.39 is 0 Å². The summed E-state index contributed by atoms with van der Waals surface area (Å²) < 4.78 is 0. The Kier molecular flexibility index (Phi) is 4.30. The molecule has 0 unspecified atom stereocenters. The van der Waals surface area contributed by atoms with Crippen molar-refractivity contribution in [3.8, 4) is 11.3 Å². The van der Waals surface area contributed by atoms with Crippen LogP contribution in [-0.4, -0.2) is 4.98 Å². The molecule has 0 N–H and O–H groups in total. The molecule has 18 heavy (non-hydrogen) atoms. The van der Waals surface area contributed by atoms with Crippen LogP contribution in [0.1, 0.15) is 24.0 Å². The van der Waals surface area contributed by atoms with Crippen LogP contribution in [0.4, 0.5) is 0 Å². The number of benzene rings is 1. The van der Waals surface area contributed by atoms with Crippen molar-refractivity contribution in [2.24, 2.45) is 0 Å². The summed E-state index contributed by atoms with van der Waals surface area (Å²) in [6.07, 6.45) is 7.25. The monoisotopic (exact) mass is 237 g/mol. The average Bonchev–Trinajstić information content (AvgIpc) is 2.40. The third kappa shape index (κ3) is 3.30. The molecule has 1 heterocycles. The second-order valence-electron chi connectivity index (χ2n) is 4.60. The van der Waals surface area contributed by atoms with Crippen molar-refractivity contribution in [1.29, 1.82) is 0 Å². The lowest BCUT2D eigenvalue weighted by Gasteiger charge is -2.04. The molecule has 2 rings (SSSR count). The van der Waals surface area contributed by atoms with Gasteiger partial charge in [0.05, 0.1) is 5.69 Å². The van der Waals surface area contributed by atoms with Crippen molar-refractivity contribution >= 4 is 0 Å². The van der Waals surface area contributed by atoms with Crippen LogP contribution in [0.2, 0.25) is 0 Å². The molecule has 92 valence electrons. The number of nitrogens with zero attached hydrogens (tertiary/aromatic N) is 1. The predicted molar refractivity (Wildman–Crippen MR) is 77.5 cm³/mol. The molecule has 0 bridgehead atoms. The van der Waals surface area contributed by atoms with Gasteiger partial charge in [-0.15, -0.1) is 6.58 Å². The Labute approximate surface area is 109 Å². The highest BCUT2D eigenvalue weighted by molar-refractivity contribution is 5.59. The minimum atomic E-state index is 1.05. The molecule has 1 heteroatoms. The Morgan fingerprint density at radius 1 is 1.22 bits per heavy atom. The van der Waals surface area contributed by atoms with Gasteiger partial charge in [0, 0.05) is 11.8 Å². The summed E-state index contributed by atoms with van der Waals surface area (Å²) in [7, 11) is 0. The summed E-state index contributed by atoms with van der Waals surface area (Å²) in [6, 6.07) is 12.7. The third-order valence-electron chi connectivity index (χ3n) is 3.01. The van der Waals surface area contributed by atoms with Crippen molar-refractivity contribution < 1.29 is 0 Å². The molecule has 0 saturated heterocycles. The minimum Gasteiger partial charge on any atom is -0.256 e. The highest BCUT2D eigenvalue weighted by Crippen LogP contribution is 2.18. The number of allylic oxidation sites excluding steroid dienone is 1. The maximum atomic E-state index is 4.54. The molecule has 1 aromatic carbocycles. The summed E-state index contributed by atoms with van der Waals surface area (Å²) in [5.41, 5.74) is 4.80. The first-order valence-corrected chi connectivity index (χ1v) is 6.42. The molecule has 1 nitrogen and oxygen atoms in total. The minimum absolute atomic E-state index is 1.05. The predicted octanol–water partition coefficient (Wildman–Crippen LogP) is 4.57. The number of hydrogen-bond donors (Lipinski definition) is 0. The zero-order valence-corrected chi connectivity index (χ0v) is 10.9. The molecule has 0 aliphatic carbocycles. The van der Waals surface area contributed by atoms with E-state index in [0.717, 1.165) is 25.0 Å². The first-order valence-electron chi connectivity index (χ1n) is 6.42. The number of hydrogen-bond acceptors (Lipinski definition) is 1. The van der Waals surface area contributed by atoms with Crippen LogP contribution in [0.5, 0.6) is 0 Å². The van der Waals surface area contributed by atoms with Gasteiger partial charge in [-0.25, -0.2) is 0 Å². The maximum absolute atomic E-state index is 4.54. The van der Waals surface area contributed by atoms with E-state index in [9.17, 15) is 0 Å². The molecule has 0 radical (unpaired) electrons. The average molecular weight is 237 g/mol. The molecule has 0 spiro atoms. The molecule has 0 aliphatic rings. The molecular weight excluding hydrogens is 218 g/mol. The van der Waals surface area contributed by atoms with E-state index in [1.165, 1.54) is 16.7 Å². The molecule has 0 saturated carbocycles. The highest BCUT2D eigenvalue weighted by atomic mass is 14.7. The molecule has 0 fully saturated rings. The summed E-state index contributed by atoms with van der Waals surface area (Å²) in [6.45, 7) is 5.84. The zero-order valence-electron chi connectivity index (χ0n) is 10.9. The topological polar surface area (TPSA) is 12.9 Å². The first-order chi connectivity index (χ1) is 8.79. The number of rotatable bonds is 5. The fourth-order valence-corrected chi connectivity index (χ4v) is 2.00. The van der Waals surface area contributed by atoms with Gasteiger partial charge in [-0.3, -0.25) is 4.98 Å². The summed E-state index contributed by atoms with van der Waals surface area (Å²) >= 11 is 0. The number of unbranched alkanes of at least 4 members (excludes halogenated alkanes) is 1. The van der Waals surface area contributed by atoms with E-state index in [-0.39, 0.29) is 0 Å². The first kappa shape index (κ1) is 12.6. The van der Waals surface area contributed by atoms with Crippen molar-refractivity contribution in [1.82, 2.24) is 4.98 Å². The fourth-order valence-electron chi connectivity index (χ4n) is 2.00. The second kappa shape index (κ2) is 6.15. The van der Waals surface area contributed by atoms with Gasteiger partial charge in [0.25, 0.3) is 0 Å². The van der Waals surface area contributed by atoms with Crippen LogP contribution >= 0.6 is 0 Å². The number of aromatic nitrogens is 1. The second-order valence-corrected chi connectivity index (χ2v) is 4.60. The number of pyridine rings is 1. The van der Waals surface area contributed by atoms with Crippen LogP contribution in [0.3, 0.4) is 0 Å². The van der Waals surface area contributed by atoms with E-state index in [0.29, 0.717) is 0 Å². The van der Waals surface area contributed by atoms with E-state index in [1.54, 1.807) is 0 Å². The summed E-state index contributed by atoms with van der Waals surface area (Å²) in [4.78, 5) is 4.54. The van der Waals surface area contributed by atoms with Gasteiger partial charge < -0.3 is 0 Å². The lowest BCUT2D eigenvalue weighted by Crippen LogP contribution is -1.89. The van der Waals surface area contributed by atoms with Gasteiger partial charge in [-0.1, -0.05) is 35.9 Å². The van der Waals surface area contributed by atoms with Gasteiger partial charge in [-0.05, 0) is 43.9 Å². The molecule has 0 aliphatic heterocycles. The van der Waals surface area contributed by atoms with Crippen LogP contribution in [0, 0.1) is 6.92 Å². The van der Waals surface area contributed by atoms with E-state index in [1.807, 2.05) is 12.3 Å². The normalized spacial score (nSPS) is 10.3. The van der Waals surface area contributed by atoms with E-state index in [2.05, 4.69) is 54.9 Å². The van der Waals surface area contributed by atoms with Crippen molar-refractivity contribution in [2.75, 3.05) is 0 Å². The smallest absolute Gasteiger partial charge is 0.0702 e. The fraction of sp³-hybridized carbons (Fsp3) is 0.235. The maximum Gasteiger partial charge on any atom is 0.0702 e. The molecule has 2 aromatic rings. The number of aryl methyl sites for hydroxylation is 2. The van der Waals surface area contributed by atoms with E-state index in [4.69, 9.17) is 0 Å². The molecular formula is C17H19N. The SMILES string of the molecule is C=CCCCc1ccc(-c2cccc(C)c2)nc1.